The Morgan fingerprint density at radius 3 is 1.98 bits per heavy atom. The van der Waals surface area contributed by atoms with Gasteiger partial charge in [-0.15, -0.1) is 0 Å². The highest BCUT2D eigenvalue weighted by Gasteiger charge is 2.37. The van der Waals surface area contributed by atoms with Gasteiger partial charge in [0.25, 0.3) is 0 Å². The van der Waals surface area contributed by atoms with E-state index in [1.165, 1.54) is 0 Å². The molecule has 8 aromatic rings. The number of para-hydroxylation sites is 6. The normalized spacial score (nSPS) is 12.9. The molecule has 0 saturated carbocycles. The van der Waals surface area contributed by atoms with Crippen LogP contribution in [-0.4, -0.2) is 9.55 Å². The fourth-order valence-electron chi connectivity index (χ4n) is 6.86. The van der Waals surface area contributed by atoms with Crippen molar-refractivity contribution in [2.24, 2.45) is 0 Å². The van der Waals surface area contributed by atoms with Crippen molar-refractivity contribution in [1.29, 1.82) is 0 Å². The molecule has 0 N–H and O–H groups in total. The Labute approximate surface area is 252 Å². The number of nitrogens with zero attached hydrogens (tertiary/aromatic N) is 3. The standard InChI is InChI=1S/C39H23N3O2/c1-2-12-24(13-3-1)28-22-32(25-14-4-6-16-27(25)40-28)41-29-17-7-5-15-26(29)37-33(41)23-36-38-39(37)44-35-21-11-9-19-31(35)42(38)30-18-8-10-20-34(30)43-36/h1-23H. The molecule has 2 aromatic heterocycles. The SMILES string of the molecule is c1ccc(-c2cc(-n3c4ccccc4c4c5c6c(cc43)Oc3ccccc3N6c3ccccc3O5)c3ccccc3n2)cc1. The number of anilines is 3. The topological polar surface area (TPSA) is 39.5 Å². The quantitative estimate of drug-likeness (QED) is 0.209. The van der Waals surface area contributed by atoms with Crippen molar-refractivity contribution in [2.45, 2.75) is 0 Å². The van der Waals surface area contributed by atoms with Gasteiger partial charge in [0.1, 0.15) is 5.69 Å². The molecular weight excluding hydrogens is 542 g/mol. The minimum Gasteiger partial charge on any atom is -0.453 e. The van der Waals surface area contributed by atoms with Gasteiger partial charge in [0, 0.05) is 22.4 Å². The Balaban J connectivity index is 1.35. The minimum absolute atomic E-state index is 0.756. The fraction of sp³-hybridized carbons (Fsp3) is 0. The molecule has 0 atom stereocenters. The van der Waals surface area contributed by atoms with E-state index in [4.69, 9.17) is 14.5 Å². The molecule has 0 unspecified atom stereocenters. The van der Waals surface area contributed by atoms with Crippen LogP contribution in [0.15, 0.2) is 140 Å². The molecule has 0 amide bonds. The zero-order chi connectivity index (χ0) is 28.8. The van der Waals surface area contributed by atoms with Gasteiger partial charge in [0.2, 0.25) is 0 Å². The van der Waals surface area contributed by atoms with Crippen LogP contribution in [0.1, 0.15) is 0 Å². The second-order valence-corrected chi connectivity index (χ2v) is 11.2. The third-order valence-corrected chi connectivity index (χ3v) is 8.73. The average Bonchev–Trinajstić information content (AvgIpc) is 3.42. The number of hydrogen-bond acceptors (Lipinski definition) is 4. The molecule has 5 nitrogen and oxygen atoms in total. The zero-order valence-electron chi connectivity index (χ0n) is 23.4. The fourth-order valence-corrected chi connectivity index (χ4v) is 6.86. The van der Waals surface area contributed by atoms with Crippen molar-refractivity contribution < 1.29 is 9.47 Å². The van der Waals surface area contributed by atoms with E-state index in [0.29, 0.717) is 0 Å². The van der Waals surface area contributed by atoms with Gasteiger partial charge < -0.3 is 14.0 Å². The molecule has 4 heterocycles. The summed E-state index contributed by atoms with van der Waals surface area (Å²) in [6, 6.07) is 48.1. The predicted octanol–water partition coefficient (Wildman–Crippen LogP) is 10.7. The Morgan fingerprint density at radius 1 is 0.500 bits per heavy atom. The van der Waals surface area contributed by atoms with E-state index in [1.807, 2.05) is 48.5 Å². The Bertz CT molecular complexity index is 2450. The molecule has 0 bridgehead atoms. The monoisotopic (exact) mass is 565 g/mol. The summed E-state index contributed by atoms with van der Waals surface area (Å²) in [5, 5.41) is 3.23. The third kappa shape index (κ3) is 3.15. The van der Waals surface area contributed by atoms with E-state index >= 15 is 0 Å². The molecule has 0 saturated heterocycles. The molecular formula is C39H23N3O2. The first-order chi connectivity index (χ1) is 21.8. The first-order valence-electron chi connectivity index (χ1n) is 14.7. The van der Waals surface area contributed by atoms with Crippen LogP contribution in [-0.2, 0) is 0 Å². The van der Waals surface area contributed by atoms with Crippen molar-refractivity contribution >= 4 is 49.8 Å². The van der Waals surface area contributed by atoms with Gasteiger partial charge in [-0.1, -0.05) is 91.0 Å². The molecule has 2 aliphatic heterocycles. The van der Waals surface area contributed by atoms with Gasteiger partial charge in [-0.2, -0.15) is 0 Å². The summed E-state index contributed by atoms with van der Waals surface area (Å²) in [5.74, 6) is 3.17. The van der Waals surface area contributed by atoms with E-state index in [2.05, 4.69) is 100 Å². The Kier molecular flexibility index (Phi) is 4.66. The van der Waals surface area contributed by atoms with Gasteiger partial charge >= 0.3 is 0 Å². The van der Waals surface area contributed by atoms with E-state index in [0.717, 1.165) is 89.7 Å². The highest BCUT2D eigenvalue weighted by atomic mass is 16.5. The third-order valence-electron chi connectivity index (χ3n) is 8.73. The van der Waals surface area contributed by atoms with Crippen LogP contribution >= 0.6 is 0 Å². The van der Waals surface area contributed by atoms with Gasteiger partial charge in [0.05, 0.1) is 44.7 Å². The number of rotatable bonds is 2. The second-order valence-electron chi connectivity index (χ2n) is 11.2. The molecule has 10 rings (SSSR count). The number of aromatic nitrogens is 2. The first-order valence-corrected chi connectivity index (χ1v) is 14.7. The molecule has 6 aromatic carbocycles. The lowest BCUT2D eigenvalue weighted by atomic mass is 10.0. The molecule has 0 fully saturated rings. The van der Waals surface area contributed by atoms with Crippen molar-refractivity contribution in [1.82, 2.24) is 9.55 Å². The van der Waals surface area contributed by atoms with Gasteiger partial charge in [-0.25, -0.2) is 4.98 Å². The van der Waals surface area contributed by atoms with Crippen molar-refractivity contribution in [3.05, 3.63) is 140 Å². The predicted molar refractivity (Wildman–Crippen MR) is 176 cm³/mol. The summed E-state index contributed by atoms with van der Waals surface area (Å²) in [7, 11) is 0. The summed E-state index contributed by atoms with van der Waals surface area (Å²) in [6.07, 6.45) is 0. The number of ether oxygens (including phenoxy) is 2. The maximum absolute atomic E-state index is 6.84. The minimum atomic E-state index is 0.756. The lowest BCUT2D eigenvalue weighted by Gasteiger charge is -2.38. The maximum atomic E-state index is 6.84. The van der Waals surface area contributed by atoms with Crippen LogP contribution in [0, 0.1) is 0 Å². The second kappa shape index (κ2) is 8.72. The largest absolute Gasteiger partial charge is 0.453 e. The highest BCUT2D eigenvalue weighted by Crippen LogP contribution is 2.62. The number of benzene rings is 6. The van der Waals surface area contributed by atoms with E-state index in [9.17, 15) is 0 Å². The van der Waals surface area contributed by atoms with Crippen LogP contribution in [0.2, 0.25) is 0 Å². The number of hydrogen-bond donors (Lipinski definition) is 0. The maximum Gasteiger partial charge on any atom is 0.165 e. The van der Waals surface area contributed by atoms with Gasteiger partial charge in [0.15, 0.2) is 23.0 Å². The summed E-state index contributed by atoms with van der Waals surface area (Å²) >= 11 is 0. The van der Waals surface area contributed by atoms with E-state index in [1.54, 1.807) is 0 Å². The van der Waals surface area contributed by atoms with E-state index in [-0.39, 0.29) is 0 Å². The summed E-state index contributed by atoms with van der Waals surface area (Å²) in [5.41, 5.74) is 8.99. The summed E-state index contributed by atoms with van der Waals surface area (Å²) in [4.78, 5) is 7.36. The molecule has 0 spiro atoms. The lowest BCUT2D eigenvalue weighted by Crippen LogP contribution is -2.20. The molecule has 2 aliphatic rings. The number of pyridine rings is 1. The first kappa shape index (κ1) is 23.5. The zero-order valence-corrected chi connectivity index (χ0v) is 23.4. The highest BCUT2D eigenvalue weighted by molar-refractivity contribution is 6.17. The van der Waals surface area contributed by atoms with Gasteiger partial charge in [-0.3, -0.25) is 4.90 Å². The van der Waals surface area contributed by atoms with Crippen molar-refractivity contribution in [3.63, 3.8) is 0 Å². The lowest BCUT2D eigenvalue weighted by molar-refractivity contribution is 0.450. The van der Waals surface area contributed by atoms with Crippen LogP contribution in [0.4, 0.5) is 17.1 Å². The summed E-state index contributed by atoms with van der Waals surface area (Å²) in [6.45, 7) is 0. The Hall–Kier alpha value is -6.07. The van der Waals surface area contributed by atoms with E-state index < -0.39 is 0 Å². The molecule has 0 radical (unpaired) electrons. The summed E-state index contributed by atoms with van der Waals surface area (Å²) < 4.78 is 15.9. The number of fused-ring (bicyclic) bond motifs is 9. The average molecular weight is 566 g/mol. The smallest absolute Gasteiger partial charge is 0.165 e. The van der Waals surface area contributed by atoms with Crippen LogP contribution in [0.25, 0.3) is 49.7 Å². The van der Waals surface area contributed by atoms with Crippen molar-refractivity contribution in [3.8, 4) is 39.9 Å². The molecule has 5 heteroatoms. The molecule has 44 heavy (non-hydrogen) atoms. The molecule has 206 valence electrons. The van der Waals surface area contributed by atoms with Crippen LogP contribution in [0.5, 0.6) is 23.0 Å². The Morgan fingerprint density at radius 2 is 1.16 bits per heavy atom. The van der Waals surface area contributed by atoms with Crippen molar-refractivity contribution in [2.75, 3.05) is 4.90 Å². The van der Waals surface area contributed by atoms with Gasteiger partial charge in [-0.05, 0) is 42.5 Å². The van der Waals surface area contributed by atoms with Crippen LogP contribution < -0.4 is 14.4 Å². The molecule has 0 aliphatic carbocycles. The van der Waals surface area contributed by atoms with Crippen LogP contribution in [0.3, 0.4) is 0 Å².